The van der Waals surface area contributed by atoms with Crippen LogP contribution in [-0.4, -0.2) is 29.2 Å². The summed E-state index contributed by atoms with van der Waals surface area (Å²) in [6.45, 7) is 0. The number of nitrogens with one attached hydrogen (secondary N) is 2. The maximum atomic E-state index is 12.4. The molecule has 130 valence electrons. The van der Waals surface area contributed by atoms with E-state index in [9.17, 15) is 9.59 Å². The Balaban J connectivity index is 2.15. The monoisotopic (exact) mass is 442 g/mol. The molecule has 0 aliphatic heterocycles. The van der Waals surface area contributed by atoms with E-state index in [0.717, 1.165) is 0 Å². The number of carboxylic acid groups (broad SMARTS) is 1. The zero-order valence-electron chi connectivity index (χ0n) is 12.8. The second kappa shape index (κ2) is 8.28. The summed E-state index contributed by atoms with van der Waals surface area (Å²) < 4.78 is 5.85. The van der Waals surface area contributed by atoms with Gasteiger partial charge in [0.05, 0.1) is 28.9 Å². The van der Waals surface area contributed by atoms with Crippen LogP contribution in [0.15, 0.2) is 40.9 Å². The Morgan fingerprint density at radius 2 is 1.96 bits per heavy atom. The first-order valence-corrected chi connectivity index (χ1v) is 8.38. The normalized spacial score (nSPS) is 10.0. The zero-order valence-corrected chi connectivity index (χ0v) is 16.0. The van der Waals surface area contributed by atoms with E-state index in [4.69, 9.17) is 33.7 Å². The number of thiocarbonyl (C=S) groups is 1. The fraction of sp³-hybridized carbons (Fsp3) is 0.0625. The molecule has 0 radical (unpaired) electrons. The van der Waals surface area contributed by atoms with Crippen LogP contribution in [0.2, 0.25) is 5.02 Å². The van der Waals surface area contributed by atoms with Gasteiger partial charge in [0.1, 0.15) is 5.75 Å². The lowest BCUT2D eigenvalue weighted by Crippen LogP contribution is -2.34. The molecule has 6 nitrogen and oxygen atoms in total. The number of carbonyl (C=O) groups is 2. The van der Waals surface area contributed by atoms with Gasteiger partial charge in [-0.2, -0.15) is 0 Å². The molecule has 2 rings (SSSR count). The van der Waals surface area contributed by atoms with Gasteiger partial charge in [-0.05, 0) is 48.6 Å². The molecule has 1 amide bonds. The molecule has 0 fully saturated rings. The maximum absolute atomic E-state index is 12.4. The zero-order chi connectivity index (χ0) is 18.6. The van der Waals surface area contributed by atoms with Crippen LogP contribution in [0.5, 0.6) is 5.75 Å². The van der Waals surface area contributed by atoms with E-state index >= 15 is 0 Å². The van der Waals surface area contributed by atoms with E-state index in [1.807, 2.05) is 0 Å². The molecule has 2 aromatic carbocycles. The second-order valence-corrected chi connectivity index (χ2v) is 6.48. The van der Waals surface area contributed by atoms with Crippen molar-refractivity contribution in [3.63, 3.8) is 0 Å². The van der Waals surface area contributed by atoms with Gasteiger partial charge in [-0.3, -0.25) is 10.1 Å². The first-order chi connectivity index (χ1) is 11.8. The number of carbonyl (C=O) groups excluding carboxylic acids is 1. The molecule has 0 heterocycles. The average Bonchev–Trinajstić information content (AvgIpc) is 2.56. The summed E-state index contributed by atoms with van der Waals surface area (Å²) in [6, 6.07) is 9.09. The third kappa shape index (κ3) is 4.91. The van der Waals surface area contributed by atoms with Gasteiger partial charge in [-0.1, -0.05) is 27.5 Å². The highest BCUT2D eigenvalue weighted by Crippen LogP contribution is 2.24. The number of halogens is 2. The Kier molecular flexibility index (Phi) is 6.35. The maximum Gasteiger partial charge on any atom is 0.335 e. The number of rotatable bonds is 4. The van der Waals surface area contributed by atoms with Crippen LogP contribution in [0.25, 0.3) is 0 Å². The molecule has 3 N–H and O–H groups in total. The predicted molar refractivity (Wildman–Crippen MR) is 103 cm³/mol. The lowest BCUT2D eigenvalue weighted by atomic mass is 10.2. The van der Waals surface area contributed by atoms with Crippen molar-refractivity contribution >= 4 is 62.4 Å². The van der Waals surface area contributed by atoms with Crippen molar-refractivity contribution in [2.75, 3.05) is 12.4 Å². The predicted octanol–water partition coefficient (Wildman–Crippen LogP) is 3.94. The van der Waals surface area contributed by atoms with Crippen molar-refractivity contribution < 1.29 is 19.4 Å². The number of benzene rings is 2. The van der Waals surface area contributed by atoms with Crippen LogP contribution in [0, 0.1) is 0 Å². The van der Waals surface area contributed by atoms with Gasteiger partial charge in [0.25, 0.3) is 5.91 Å². The third-order valence-electron chi connectivity index (χ3n) is 3.09. The lowest BCUT2D eigenvalue weighted by molar-refractivity contribution is 0.0696. The molecule has 0 spiro atoms. The Hall–Kier alpha value is -2.16. The molecule has 0 bridgehead atoms. The van der Waals surface area contributed by atoms with Gasteiger partial charge in [-0.15, -0.1) is 0 Å². The molecule has 25 heavy (non-hydrogen) atoms. The molecule has 0 aromatic heterocycles. The topological polar surface area (TPSA) is 87.7 Å². The molecule has 0 unspecified atom stereocenters. The molecule has 0 aliphatic rings. The van der Waals surface area contributed by atoms with E-state index in [-0.39, 0.29) is 26.9 Å². The molecule has 9 heteroatoms. The second-order valence-electron chi connectivity index (χ2n) is 4.75. The smallest absolute Gasteiger partial charge is 0.335 e. The van der Waals surface area contributed by atoms with Gasteiger partial charge in [0, 0.05) is 4.47 Å². The highest BCUT2D eigenvalue weighted by Gasteiger charge is 2.15. The van der Waals surface area contributed by atoms with E-state index in [0.29, 0.717) is 10.2 Å². The SMILES string of the molecule is COc1ccc(Br)cc1C(=O)NC(=S)Nc1cc(C(=O)O)ccc1Cl. The Labute approximate surface area is 162 Å². The number of ether oxygens (including phenoxy) is 1. The van der Waals surface area contributed by atoms with E-state index in [1.54, 1.807) is 18.2 Å². The number of aromatic carboxylic acids is 1. The molecule has 0 atom stereocenters. The van der Waals surface area contributed by atoms with Crippen molar-refractivity contribution in [3.8, 4) is 5.75 Å². The van der Waals surface area contributed by atoms with E-state index in [1.165, 1.54) is 25.3 Å². The fourth-order valence-electron chi connectivity index (χ4n) is 1.94. The molecule has 2 aromatic rings. The first kappa shape index (κ1) is 19.2. The van der Waals surface area contributed by atoms with Crippen LogP contribution in [-0.2, 0) is 0 Å². The number of hydrogen-bond acceptors (Lipinski definition) is 4. The Morgan fingerprint density at radius 1 is 1.24 bits per heavy atom. The summed E-state index contributed by atoms with van der Waals surface area (Å²) in [7, 11) is 1.45. The quantitative estimate of drug-likeness (QED) is 0.621. The van der Waals surface area contributed by atoms with Gasteiger partial charge >= 0.3 is 5.97 Å². The fourth-order valence-corrected chi connectivity index (χ4v) is 2.66. The van der Waals surface area contributed by atoms with Crippen molar-refractivity contribution in [1.29, 1.82) is 0 Å². The van der Waals surface area contributed by atoms with E-state index in [2.05, 4.69) is 26.6 Å². The minimum absolute atomic E-state index is 0.0310. The van der Waals surface area contributed by atoms with Crippen LogP contribution in [0.3, 0.4) is 0 Å². The summed E-state index contributed by atoms with van der Waals surface area (Å²) in [5.41, 5.74) is 0.592. The number of carboxylic acids is 1. The Morgan fingerprint density at radius 3 is 2.60 bits per heavy atom. The summed E-state index contributed by atoms with van der Waals surface area (Å²) in [4.78, 5) is 23.4. The number of anilines is 1. The summed E-state index contributed by atoms with van der Waals surface area (Å²) in [6.07, 6.45) is 0. The third-order valence-corrected chi connectivity index (χ3v) is 4.12. The van der Waals surface area contributed by atoms with Crippen molar-refractivity contribution in [1.82, 2.24) is 5.32 Å². The van der Waals surface area contributed by atoms with Gasteiger partial charge in [0.2, 0.25) is 0 Å². The highest BCUT2D eigenvalue weighted by atomic mass is 79.9. The average molecular weight is 444 g/mol. The minimum atomic E-state index is -1.10. The lowest BCUT2D eigenvalue weighted by Gasteiger charge is -2.13. The van der Waals surface area contributed by atoms with Crippen molar-refractivity contribution in [3.05, 3.63) is 57.0 Å². The van der Waals surface area contributed by atoms with Crippen LogP contribution in [0.1, 0.15) is 20.7 Å². The molecule has 0 saturated heterocycles. The van der Waals surface area contributed by atoms with Crippen LogP contribution in [0.4, 0.5) is 5.69 Å². The van der Waals surface area contributed by atoms with Gasteiger partial charge in [-0.25, -0.2) is 4.79 Å². The molecular weight excluding hydrogens is 432 g/mol. The largest absolute Gasteiger partial charge is 0.496 e. The summed E-state index contributed by atoms with van der Waals surface area (Å²) in [5.74, 6) is -1.20. The van der Waals surface area contributed by atoms with Gasteiger partial charge in [0.15, 0.2) is 5.11 Å². The molecule has 0 aliphatic carbocycles. The van der Waals surface area contributed by atoms with Crippen LogP contribution >= 0.6 is 39.7 Å². The number of methoxy groups -OCH3 is 1. The van der Waals surface area contributed by atoms with Crippen LogP contribution < -0.4 is 15.4 Å². The first-order valence-electron chi connectivity index (χ1n) is 6.80. The van der Waals surface area contributed by atoms with E-state index < -0.39 is 11.9 Å². The van der Waals surface area contributed by atoms with Crippen molar-refractivity contribution in [2.24, 2.45) is 0 Å². The minimum Gasteiger partial charge on any atom is -0.496 e. The standard InChI is InChI=1S/C16H12BrClN2O4S/c1-24-13-5-3-9(17)7-10(13)14(21)20-16(25)19-12-6-8(15(22)23)2-4-11(12)18/h2-7H,1H3,(H,22,23)(H2,19,20,21,25). The summed E-state index contributed by atoms with van der Waals surface area (Å²) >= 11 is 14.4. The highest BCUT2D eigenvalue weighted by molar-refractivity contribution is 9.10. The van der Waals surface area contributed by atoms with Gasteiger partial charge < -0.3 is 15.2 Å². The molecular formula is C16H12BrClN2O4S. The number of amides is 1. The van der Waals surface area contributed by atoms with Crippen molar-refractivity contribution in [2.45, 2.75) is 0 Å². The summed E-state index contributed by atoms with van der Waals surface area (Å²) in [5, 5.41) is 14.5. The molecule has 0 saturated carbocycles. The number of hydrogen-bond donors (Lipinski definition) is 3. The Bertz CT molecular complexity index is 860.